The normalized spacial score (nSPS) is 23.4. The van der Waals surface area contributed by atoms with Gasteiger partial charge in [0.05, 0.1) is 7.11 Å². The number of carbonyl (C=O) groups is 2. The maximum Gasteiger partial charge on any atom is 0.320 e. The Morgan fingerprint density at radius 2 is 2.00 bits per heavy atom. The maximum atomic E-state index is 11.6. The van der Waals surface area contributed by atoms with E-state index >= 15 is 0 Å². The molecule has 1 unspecified atom stereocenters. The van der Waals surface area contributed by atoms with Gasteiger partial charge in [-0.1, -0.05) is 11.1 Å². The number of ketones is 1. The van der Waals surface area contributed by atoms with Crippen molar-refractivity contribution >= 4 is 11.8 Å². The molecule has 0 N–H and O–H groups in total. The topological polar surface area (TPSA) is 43.4 Å². The highest BCUT2D eigenvalue weighted by Crippen LogP contribution is 2.26. The van der Waals surface area contributed by atoms with Crippen LogP contribution in [0.25, 0.3) is 0 Å². The van der Waals surface area contributed by atoms with E-state index in [0.29, 0.717) is 6.42 Å². The highest BCUT2D eigenvalue weighted by molar-refractivity contribution is 6.02. The smallest absolute Gasteiger partial charge is 0.320 e. The van der Waals surface area contributed by atoms with Gasteiger partial charge in [0.2, 0.25) is 0 Å². The fourth-order valence-electron chi connectivity index (χ4n) is 1.78. The first-order valence-electron chi connectivity index (χ1n) is 4.84. The Morgan fingerprint density at radius 1 is 1.36 bits per heavy atom. The average Bonchev–Trinajstić information content (AvgIpc) is 2.27. The Morgan fingerprint density at radius 3 is 2.57 bits per heavy atom. The number of carbonyl (C=O) groups excluding carboxylic acids is 2. The number of hydrogen-bond donors (Lipinski definition) is 0. The summed E-state index contributed by atoms with van der Waals surface area (Å²) in [4.78, 5) is 23.0. The third kappa shape index (κ3) is 2.03. The van der Waals surface area contributed by atoms with Gasteiger partial charge < -0.3 is 4.74 Å². The predicted octanol–water partition coefficient (Wildman–Crippen LogP) is 1.86. The van der Waals surface area contributed by atoms with E-state index in [1.807, 2.05) is 13.8 Å². The lowest BCUT2D eigenvalue weighted by Gasteiger charge is -2.13. The highest BCUT2D eigenvalue weighted by Gasteiger charge is 2.31. The number of methoxy groups -OCH3 is 1. The minimum absolute atomic E-state index is 0.00815. The molecule has 0 aromatic carbocycles. The van der Waals surface area contributed by atoms with E-state index < -0.39 is 11.9 Å². The molecule has 0 aromatic rings. The van der Waals surface area contributed by atoms with Crippen LogP contribution in [0.1, 0.15) is 33.1 Å². The second kappa shape index (κ2) is 4.40. The molecule has 0 amide bonds. The molecule has 78 valence electrons. The second-order valence-corrected chi connectivity index (χ2v) is 3.74. The molecule has 0 spiro atoms. The largest absolute Gasteiger partial charge is 0.468 e. The van der Waals surface area contributed by atoms with Crippen LogP contribution in [0.4, 0.5) is 0 Å². The summed E-state index contributed by atoms with van der Waals surface area (Å²) in [5.74, 6) is -1.08. The Labute approximate surface area is 84.1 Å². The Balaban J connectivity index is 3.01. The third-order valence-electron chi connectivity index (χ3n) is 2.84. The number of esters is 1. The number of hydrogen-bond acceptors (Lipinski definition) is 3. The van der Waals surface area contributed by atoms with E-state index in [1.54, 1.807) is 0 Å². The van der Waals surface area contributed by atoms with Crippen LogP contribution < -0.4 is 0 Å². The summed E-state index contributed by atoms with van der Waals surface area (Å²) in [6.07, 6.45) is 2.23. The molecular weight excluding hydrogens is 180 g/mol. The molecule has 3 nitrogen and oxygen atoms in total. The van der Waals surface area contributed by atoms with Crippen LogP contribution in [0.3, 0.4) is 0 Å². The van der Waals surface area contributed by atoms with E-state index in [-0.39, 0.29) is 5.78 Å². The van der Waals surface area contributed by atoms with Crippen molar-refractivity contribution in [3.05, 3.63) is 11.1 Å². The van der Waals surface area contributed by atoms with Gasteiger partial charge in [0.1, 0.15) is 5.92 Å². The molecule has 1 aliphatic carbocycles. The van der Waals surface area contributed by atoms with Gasteiger partial charge in [-0.25, -0.2) is 0 Å². The first-order valence-corrected chi connectivity index (χ1v) is 4.84. The van der Waals surface area contributed by atoms with Crippen molar-refractivity contribution in [3.63, 3.8) is 0 Å². The SMILES string of the molecule is COC(=O)C1C(=O)CCCC(C)=C1C. The van der Waals surface area contributed by atoms with Gasteiger partial charge in [0, 0.05) is 6.42 Å². The van der Waals surface area contributed by atoms with Crippen molar-refractivity contribution in [2.45, 2.75) is 33.1 Å². The van der Waals surface area contributed by atoms with E-state index in [9.17, 15) is 9.59 Å². The zero-order valence-electron chi connectivity index (χ0n) is 8.92. The summed E-state index contributed by atoms with van der Waals surface area (Å²) in [7, 11) is 1.32. The van der Waals surface area contributed by atoms with Crippen molar-refractivity contribution in [1.29, 1.82) is 0 Å². The Kier molecular flexibility index (Phi) is 3.44. The zero-order chi connectivity index (χ0) is 10.7. The molecule has 0 saturated heterocycles. The molecule has 1 aliphatic rings. The van der Waals surface area contributed by atoms with Gasteiger partial charge in [-0.05, 0) is 26.7 Å². The van der Waals surface area contributed by atoms with Crippen molar-refractivity contribution in [3.8, 4) is 0 Å². The quantitative estimate of drug-likeness (QED) is 0.365. The first-order chi connectivity index (χ1) is 6.57. The molecule has 0 radical (unpaired) electrons. The fourth-order valence-corrected chi connectivity index (χ4v) is 1.78. The van der Waals surface area contributed by atoms with Crippen LogP contribution in [0.2, 0.25) is 0 Å². The molecule has 0 fully saturated rings. The second-order valence-electron chi connectivity index (χ2n) is 3.74. The van der Waals surface area contributed by atoms with Gasteiger partial charge in [0.15, 0.2) is 5.78 Å². The molecule has 0 bridgehead atoms. The zero-order valence-corrected chi connectivity index (χ0v) is 8.92. The maximum absolute atomic E-state index is 11.6. The number of ether oxygens (including phenoxy) is 1. The molecule has 1 rings (SSSR count). The van der Waals surface area contributed by atoms with E-state index in [0.717, 1.165) is 24.0 Å². The number of Topliss-reactive ketones (excluding diaryl/α,β-unsaturated/α-hetero) is 1. The summed E-state index contributed by atoms with van der Waals surface area (Å²) >= 11 is 0. The molecule has 0 aliphatic heterocycles. The summed E-state index contributed by atoms with van der Waals surface area (Å²) < 4.78 is 4.64. The number of allylic oxidation sites excluding steroid dienone is 1. The lowest BCUT2D eigenvalue weighted by molar-refractivity contribution is -0.147. The van der Waals surface area contributed by atoms with Gasteiger partial charge in [-0.2, -0.15) is 0 Å². The van der Waals surface area contributed by atoms with Crippen molar-refractivity contribution in [1.82, 2.24) is 0 Å². The molecule has 1 atom stereocenters. The van der Waals surface area contributed by atoms with E-state index in [4.69, 9.17) is 0 Å². The lowest BCUT2D eigenvalue weighted by Crippen LogP contribution is -2.25. The van der Waals surface area contributed by atoms with Gasteiger partial charge in [-0.15, -0.1) is 0 Å². The predicted molar refractivity (Wildman–Crippen MR) is 52.7 cm³/mol. The molecule has 0 aromatic heterocycles. The van der Waals surface area contributed by atoms with Crippen LogP contribution in [0, 0.1) is 5.92 Å². The summed E-state index contributed by atoms with van der Waals surface area (Å²) in [5, 5.41) is 0. The van der Waals surface area contributed by atoms with Crippen LogP contribution in [0.15, 0.2) is 11.1 Å². The minimum atomic E-state index is -0.650. The van der Waals surface area contributed by atoms with Crippen LogP contribution in [-0.4, -0.2) is 18.9 Å². The molecule has 0 heterocycles. The van der Waals surface area contributed by atoms with Gasteiger partial charge in [-0.3, -0.25) is 9.59 Å². The standard InChI is InChI=1S/C11H16O3/c1-7-5-4-6-9(12)10(8(7)2)11(13)14-3/h10H,4-6H2,1-3H3. The van der Waals surface area contributed by atoms with Gasteiger partial charge >= 0.3 is 5.97 Å². The summed E-state index contributed by atoms with van der Waals surface area (Å²) in [6.45, 7) is 3.82. The van der Waals surface area contributed by atoms with Crippen LogP contribution in [0.5, 0.6) is 0 Å². The number of rotatable bonds is 1. The summed E-state index contributed by atoms with van der Waals surface area (Å²) in [6, 6.07) is 0. The Bertz CT molecular complexity index is 289. The molecule has 0 saturated carbocycles. The van der Waals surface area contributed by atoms with Crippen LogP contribution in [-0.2, 0) is 14.3 Å². The molecular formula is C11H16O3. The van der Waals surface area contributed by atoms with E-state index in [2.05, 4.69) is 4.74 Å². The summed E-state index contributed by atoms with van der Waals surface area (Å²) in [5.41, 5.74) is 2.02. The van der Waals surface area contributed by atoms with Crippen molar-refractivity contribution in [2.24, 2.45) is 5.92 Å². The van der Waals surface area contributed by atoms with Crippen LogP contribution >= 0.6 is 0 Å². The molecule has 3 heteroatoms. The monoisotopic (exact) mass is 196 g/mol. The minimum Gasteiger partial charge on any atom is -0.468 e. The highest BCUT2D eigenvalue weighted by atomic mass is 16.5. The van der Waals surface area contributed by atoms with E-state index in [1.165, 1.54) is 7.11 Å². The molecule has 14 heavy (non-hydrogen) atoms. The van der Waals surface area contributed by atoms with Gasteiger partial charge in [0.25, 0.3) is 0 Å². The van der Waals surface area contributed by atoms with Crippen molar-refractivity contribution in [2.75, 3.05) is 7.11 Å². The third-order valence-corrected chi connectivity index (χ3v) is 2.84. The Hall–Kier alpha value is -1.12. The average molecular weight is 196 g/mol. The lowest BCUT2D eigenvalue weighted by atomic mass is 9.93. The fraction of sp³-hybridized carbons (Fsp3) is 0.636. The first kappa shape index (κ1) is 11.0. The van der Waals surface area contributed by atoms with Crippen molar-refractivity contribution < 1.29 is 14.3 Å².